The maximum absolute atomic E-state index is 13.1. The van der Waals surface area contributed by atoms with Crippen molar-refractivity contribution in [1.82, 2.24) is 0 Å². The lowest BCUT2D eigenvalue weighted by molar-refractivity contribution is -0.169. The molecule has 0 aliphatic heterocycles. The Morgan fingerprint density at radius 3 is 1.65 bits per heavy atom. The maximum atomic E-state index is 13.1. The number of aliphatic hydroxyl groups excluding tert-OH is 3. The molecule has 0 unspecified atom stereocenters. The first-order chi connectivity index (χ1) is 14.0. The van der Waals surface area contributed by atoms with Crippen molar-refractivity contribution in [3.63, 3.8) is 0 Å². The third kappa shape index (κ3) is 8.42. The van der Waals surface area contributed by atoms with Crippen LogP contribution in [0.25, 0.3) is 0 Å². The van der Waals surface area contributed by atoms with E-state index in [1.165, 1.54) is 0 Å². The third-order valence-corrected chi connectivity index (χ3v) is 5.93. The average molecular weight is 470 g/mol. The van der Waals surface area contributed by atoms with Gasteiger partial charge in [0.25, 0.3) is 0 Å². The molecule has 0 radical (unpaired) electrons. The van der Waals surface area contributed by atoms with Crippen molar-refractivity contribution >= 4 is 19.8 Å². The Balaban J connectivity index is 2.87. The monoisotopic (exact) mass is 470 g/mol. The smallest absolute Gasteiger partial charge is 0.437 e. The van der Waals surface area contributed by atoms with Crippen LogP contribution in [-0.2, 0) is 37.2 Å². The first kappa shape index (κ1) is 28.0. The third-order valence-electron chi connectivity index (χ3n) is 4.56. The minimum absolute atomic E-state index is 0.0274. The van der Waals surface area contributed by atoms with Gasteiger partial charge in [-0.25, -0.2) is 13.6 Å². The minimum atomic E-state index is -4.52. The molecule has 1 rings (SSSR count). The molecule has 0 amide bonds. The van der Waals surface area contributed by atoms with Crippen molar-refractivity contribution in [2.24, 2.45) is 16.7 Å². The second kappa shape index (κ2) is 10.7. The van der Waals surface area contributed by atoms with Gasteiger partial charge in [-0.05, 0) is 53.9 Å². The molecular formula is C19H35O11P. The highest BCUT2D eigenvalue weighted by molar-refractivity contribution is 7.48. The Bertz CT molecular complexity index is 631. The van der Waals surface area contributed by atoms with Gasteiger partial charge in [0.2, 0.25) is 13.6 Å². The molecule has 12 heteroatoms. The van der Waals surface area contributed by atoms with Crippen LogP contribution in [0.2, 0.25) is 0 Å². The van der Waals surface area contributed by atoms with E-state index in [0.29, 0.717) is 0 Å². The zero-order chi connectivity index (χ0) is 24.2. The molecule has 11 nitrogen and oxygen atoms in total. The number of rotatable bonds is 8. The lowest BCUT2D eigenvalue weighted by Crippen LogP contribution is -2.53. The number of hydrogen-bond donors (Lipinski definition) is 3. The minimum Gasteiger partial charge on any atom is -0.437 e. The number of phosphoric ester groups is 1. The van der Waals surface area contributed by atoms with Crippen LogP contribution in [0.5, 0.6) is 0 Å². The summed E-state index contributed by atoms with van der Waals surface area (Å²) in [7, 11) is -4.52. The highest BCUT2D eigenvalue weighted by atomic mass is 31.2. The summed E-state index contributed by atoms with van der Waals surface area (Å²) in [5, 5.41) is 30.0. The Hall–Kier alpha value is -1.07. The van der Waals surface area contributed by atoms with Gasteiger partial charge < -0.3 is 24.8 Å². The maximum Gasteiger partial charge on any atom is 0.481 e. The summed E-state index contributed by atoms with van der Waals surface area (Å²) in [5.41, 5.74) is -1.68. The van der Waals surface area contributed by atoms with Crippen LogP contribution in [0.3, 0.4) is 0 Å². The standard InChI is InChI=1S/C19H35O11P/c1-11-8-12(14(21)15(22)13(11)20)30-31(25,28-9-26-16(23)18(2,3)4)29-10-27-17(24)19(5,6)7/h11-15,20-22H,8-10H2,1-7H3/t11-,12+,13-,14-,15-/m1/s1. The van der Waals surface area contributed by atoms with Crippen LogP contribution in [0.4, 0.5) is 0 Å². The van der Waals surface area contributed by atoms with E-state index >= 15 is 0 Å². The van der Waals surface area contributed by atoms with Crippen molar-refractivity contribution in [3.05, 3.63) is 0 Å². The van der Waals surface area contributed by atoms with E-state index in [1.54, 1.807) is 48.5 Å². The van der Waals surface area contributed by atoms with E-state index < -0.39 is 74.5 Å². The van der Waals surface area contributed by atoms with Crippen LogP contribution < -0.4 is 0 Å². The van der Waals surface area contributed by atoms with Crippen molar-refractivity contribution in [3.8, 4) is 0 Å². The molecule has 31 heavy (non-hydrogen) atoms. The van der Waals surface area contributed by atoms with Crippen LogP contribution in [0, 0.1) is 16.7 Å². The zero-order valence-corrected chi connectivity index (χ0v) is 20.0. The zero-order valence-electron chi connectivity index (χ0n) is 19.1. The van der Waals surface area contributed by atoms with Gasteiger partial charge in [0.1, 0.15) is 12.2 Å². The largest absolute Gasteiger partial charge is 0.481 e. The summed E-state index contributed by atoms with van der Waals surface area (Å²) < 4.78 is 38.3. The van der Waals surface area contributed by atoms with Gasteiger partial charge in [-0.1, -0.05) is 6.92 Å². The van der Waals surface area contributed by atoms with Gasteiger partial charge in [-0.2, -0.15) is 0 Å². The number of carbonyl (C=O) groups excluding carboxylic acids is 2. The van der Waals surface area contributed by atoms with Gasteiger partial charge in [0.05, 0.1) is 23.0 Å². The molecule has 0 spiro atoms. The molecule has 0 bridgehead atoms. The van der Waals surface area contributed by atoms with Crippen molar-refractivity contribution < 1.29 is 52.5 Å². The molecule has 5 atom stereocenters. The fraction of sp³-hybridized carbons (Fsp3) is 0.895. The second-order valence-corrected chi connectivity index (χ2v) is 11.3. The average Bonchev–Trinajstić information content (AvgIpc) is 2.62. The number of aliphatic hydroxyl groups is 3. The van der Waals surface area contributed by atoms with Gasteiger partial charge in [0, 0.05) is 0 Å². The van der Waals surface area contributed by atoms with Gasteiger partial charge in [-0.3, -0.25) is 14.1 Å². The van der Waals surface area contributed by atoms with Crippen molar-refractivity contribution in [1.29, 1.82) is 0 Å². The summed E-state index contributed by atoms with van der Waals surface area (Å²) in [4.78, 5) is 23.8. The van der Waals surface area contributed by atoms with Crippen molar-refractivity contribution in [2.75, 3.05) is 13.6 Å². The topological polar surface area (TPSA) is 158 Å². The Morgan fingerprint density at radius 1 is 0.839 bits per heavy atom. The number of carbonyl (C=O) groups is 2. The normalized spacial score (nSPS) is 27.6. The predicted octanol–water partition coefficient (Wildman–Crippen LogP) is 1.73. The van der Waals surface area contributed by atoms with E-state index in [2.05, 4.69) is 0 Å². The second-order valence-electron chi connectivity index (χ2n) is 9.63. The first-order valence-corrected chi connectivity index (χ1v) is 11.4. The molecule has 182 valence electrons. The highest BCUT2D eigenvalue weighted by Gasteiger charge is 2.45. The van der Waals surface area contributed by atoms with E-state index in [0.717, 1.165) is 0 Å². The number of ether oxygens (including phenoxy) is 2. The molecule has 3 N–H and O–H groups in total. The molecule has 1 fully saturated rings. The Labute approximate surface area is 182 Å². The molecule has 1 aliphatic rings. The Kier molecular flexibility index (Phi) is 9.65. The first-order valence-electron chi connectivity index (χ1n) is 9.94. The van der Waals surface area contributed by atoms with Crippen LogP contribution in [0.1, 0.15) is 54.9 Å². The summed E-state index contributed by atoms with van der Waals surface area (Å²) in [6.45, 7) is 9.70. The van der Waals surface area contributed by atoms with Gasteiger partial charge >= 0.3 is 19.8 Å². The lowest BCUT2D eigenvalue weighted by atomic mass is 9.82. The van der Waals surface area contributed by atoms with E-state index in [-0.39, 0.29) is 6.42 Å². The quantitative estimate of drug-likeness (QED) is 0.269. The molecule has 1 saturated carbocycles. The summed E-state index contributed by atoms with van der Waals surface area (Å²) in [6.07, 6.45) is -5.52. The highest BCUT2D eigenvalue weighted by Crippen LogP contribution is 2.52. The lowest BCUT2D eigenvalue weighted by Gasteiger charge is -2.39. The molecule has 0 saturated heterocycles. The molecule has 0 aromatic carbocycles. The number of esters is 2. The van der Waals surface area contributed by atoms with Crippen molar-refractivity contribution in [2.45, 2.75) is 79.3 Å². The summed E-state index contributed by atoms with van der Waals surface area (Å²) in [5.74, 6) is -1.76. The van der Waals surface area contributed by atoms with Crippen LogP contribution in [-0.4, -0.2) is 65.3 Å². The predicted molar refractivity (Wildman–Crippen MR) is 107 cm³/mol. The number of hydrogen-bond acceptors (Lipinski definition) is 11. The van der Waals surface area contributed by atoms with E-state index in [4.69, 9.17) is 23.0 Å². The molecule has 0 heterocycles. The Morgan fingerprint density at radius 2 is 1.26 bits per heavy atom. The molecule has 1 aliphatic carbocycles. The SMILES string of the molecule is C[C@@H]1C[C@H](OP(=O)(OCOC(=O)C(C)(C)C)OCOC(=O)C(C)(C)C)[C@@H](O)[C@H](O)[C@@H]1O. The van der Waals surface area contributed by atoms with Gasteiger partial charge in [0.15, 0.2) is 0 Å². The summed E-state index contributed by atoms with van der Waals surface area (Å²) >= 11 is 0. The van der Waals surface area contributed by atoms with E-state index in [1.807, 2.05) is 0 Å². The van der Waals surface area contributed by atoms with Crippen LogP contribution >= 0.6 is 7.82 Å². The molecule has 0 aromatic heterocycles. The molecular weight excluding hydrogens is 435 g/mol. The van der Waals surface area contributed by atoms with Gasteiger partial charge in [-0.15, -0.1) is 0 Å². The fourth-order valence-electron chi connectivity index (χ4n) is 2.50. The summed E-state index contributed by atoms with van der Waals surface area (Å²) in [6, 6.07) is 0. The molecule has 0 aromatic rings. The number of phosphoric acid groups is 1. The van der Waals surface area contributed by atoms with Crippen LogP contribution in [0.15, 0.2) is 0 Å². The van der Waals surface area contributed by atoms with E-state index in [9.17, 15) is 29.5 Å². The fourth-order valence-corrected chi connectivity index (χ4v) is 3.60.